The maximum atomic E-state index is 12.4. The molecule has 0 saturated heterocycles. The van der Waals surface area contributed by atoms with Gasteiger partial charge in [-0.3, -0.25) is 0 Å². The Morgan fingerprint density at radius 2 is 2.07 bits per heavy atom. The van der Waals surface area contributed by atoms with Gasteiger partial charge in [0.25, 0.3) is 6.36 Å². The number of carboxylic acids is 1. The van der Waals surface area contributed by atoms with Gasteiger partial charge in [-0.1, -0.05) is 30.3 Å². The molecule has 82 valence electrons. The summed E-state index contributed by atoms with van der Waals surface area (Å²) in [4.78, 5) is 10.1. The van der Waals surface area contributed by atoms with Gasteiger partial charge in [-0.15, -0.1) is 0 Å². The Hall–Kier alpha value is -1.42. The Bertz CT molecular complexity index is 300. The van der Waals surface area contributed by atoms with E-state index in [4.69, 9.17) is 5.11 Å². The van der Waals surface area contributed by atoms with Gasteiger partial charge in [0.15, 0.2) is 0 Å². The summed E-state index contributed by atoms with van der Waals surface area (Å²) >= 11 is 0. The molecule has 1 atom stereocenters. The van der Waals surface area contributed by atoms with Crippen LogP contribution in [0.3, 0.4) is 0 Å². The molecule has 0 aromatic heterocycles. The number of hydrogen-bond donors (Lipinski definition) is 1. The van der Waals surface area contributed by atoms with Crippen molar-refractivity contribution in [1.29, 1.82) is 0 Å². The monoisotopic (exact) mass is 212 g/mol. The Morgan fingerprint density at radius 3 is 2.67 bits per heavy atom. The molecule has 0 saturated carbocycles. The molecule has 0 aliphatic heterocycles. The van der Waals surface area contributed by atoms with Crippen LogP contribution in [-0.4, -0.2) is 24.0 Å². The van der Waals surface area contributed by atoms with Crippen molar-refractivity contribution in [3.63, 3.8) is 0 Å². The van der Waals surface area contributed by atoms with Crippen molar-refractivity contribution in [2.45, 2.75) is 19.2 Å². The van der Waals surface area contributed by atoms with Crippen LogP contribution in [0.1, 0.15) is 12.0 Å². The van der Waals surface area contributed by atoms with Gasteiger partial charge < -0.3 is 9.84 Å². The van der Waals surface area contributed by atoms with Crippen molar-refractivity contribution < 1.29 is 19.0 Å². The second-order valence-electron chi connectivity index (χ2n) is 3.11. The van der Waals surface area contributed by atoms with Gasteiger partial charge in [0, 0.05) is 0 Å². The van der Waals surface area contributed by atoms with Crippen LogP contribution >= 0.6 is 0 Å². The highest BCUT2D eigenvalue weighted by Gasteiger charge is 2.14. The van der Waals surface area contributed by atoms with E-state index in [0.29, 0.717) is 6.42 Å². The smallest absolute Gasteiger partial charge is 0.366 e. The first-order valence-electron chi connectivity index (χ1n) is 4.72. The molecule has 4 heteroatoms. The van der Waals surface area contributed by atoms with Crippen LogP contribution in [-0.2, 0) is 16.0 Å². The number of halogens is 1. The quantitative estimate of drug-likeness (QED) is 0.734. The first-order chi connectivity index (χ1) is 7.20. The fraction of sp³-hybridized carbons (Fsp3) is 0.364. The minimum absolute atomic E-state index is 0.113. The Kier molecular flexibility index (Phi) is 4.77. The van der Waals surface area contributed by atoms with Crippen LogP contribution < -0.4 is 0 Å². The van der Waals surface area contributed by atoms with E-state index in [9.17, 15) is 9.18 Å². The summed E-state index contributed by atoms with van der Waals surface area (Å²) < 4.78 is 16.9. The molecule has 0 amide bonds. The van der Waals surface area contributed by atoms with Gasteiger partial charge in [0.1, 0.15) is 0 Å². The average molecular weight is 212 g/mol. The average Bonchev–Trinajstić information content (AvgIpc) is 2.25. The number of benzene rings is 1. The Labute approximate surface area is 87.5 Å². The lowest BCUT2D eigenvalue weighted by atomic mass is 10.1. The van der Waals surface area contributed by atoms with Gasteiger partial charge in [-0.25, -0.2) is 9.18 Å². The molecule has 0 aliphatic carbocycles. The molecule has 1 unspecified atom stereocenters. The van der Waals surface area contributed by atoms with Crippen molar-refractivity contribution >= 4 is 5.97 Å². The largest absolute Gasteiger partial charge is 0.477 e. The molecule has 1 N–H and O–H groups in total. The normalized spacial score (nSPS) is 12.3. The van der Waals surface area contributed by atoms with Crippen molar-refractivity contribution in [2.75, 3.05) is 6.61 Å². The second-order valence-corrected chi connectivity index (χ2v) is 3.11. The van der Waals surface area contributed by atoms with Crippen molar-refractivity contribution in [1.82, 2.24) is 0 Å². The molecule has 15 heavy (non-hydrogen) atoms. The highest BCUT2D eigenvalue weighted by atomic mass is 19.1. The molecule has 3 nitrogen and oxygen atoms in total. The molecule has 0 heterocycles. The van der Waals surface area contributed by atoms with E-state index in [2.05, 4.69) is 4.74 Å². The highest BCUT2D eigenvalue weighted by molar-refractivity contribution is 5.70. The molecule has 0 bridgehead atoms. The van der Waals surface area contributed by atoms with Gasteiger partial charge in [-0.05, 0) is 18.4 Å². The van der Waals surface area contributed by atoms with E-state index in [0.717, 1.165) is 12.0 Å². The molecular weight excluding hydrogens is 199 g/mol. The van der Waals surface area contributed by atoms with Crippen molar-refractivity contribution in [3.8, 4) is 0 Å². The molecule has 1 aromatic rings. The third-order valence-electron chi connectivity index (χ3n) is 1.91. The van der Waals surface area contributed by atoms with Gasteiger partial charge in [-0.2, -0.15) is 0 Å². The SMILES string of the molecule is O=C(O)C(F)OCCCc1ccccc1. The summed E-state index contributed by atoms with van der Waals surface area (Å²) in [6.45, 7) is 0.113. The zero-order valence-corrected chi connectivity index (χ0v) is 8.23. The van der Waals surface area contributed by atoms with E-state index < -0.39 is 12.3 Å². The summed E-state index contributed by atoms with van der Waals surface area (Å²) in [6.07, 6.45) is -0.842. The first kappa shape index (κ1) is 11.7. The predicted octanol–water partition coefficient (Wildman–Crippen LogP) is 2.02. The van der Waals surface area contributed by atoms with Crippen LogP contribution in [0, 0.1) is 0 Å². The number of alkyl halides is 1. The summed E-state index contributed by atoms with van der Waals surface area (Å²) in [5.41, 5.74) is 1.13. The number of carbonyl (C=O) groups is 1. The van der Waals surface area contributed by atoms with E-state index in [-0.39, 0.29) is 6.61 Å². The summed E-state index contributed by atoms with van der Waals surface area (Å²) in [5.74, 6) is -1.57. The molecule has 1 rings (SSSR count). The Morgan fingerprint density at radius 1 is 1.40 bits per heavy atom. The van der Waals surface area contributed by atoms with Crippen LogP contribution in [0.2, 0.25) is 0 Å². The maximum absolute atomic E-state index is 12.4. The summed E-state index contributed by atoms with van der Waals surface area (Å²) in [7, 11) is 0. The number of rotatable bonds is 6. The number of ether oxygens (including phenoxy) is 1. The topological polar surface area (TPSA) is 46.5 Å². The van der Waals surface area contributed by atoms with Crippen LogP contribution in [0.4, 0.5) is 4.39 Å². The molecule has 0 spiro atoms. The molecule has 1 aromatic carbocycles. The van der Waals surface area contributed by atoms with Gasteiger partial charge >= 0.3 is 5.97 Å². The highest BCUT2D eigenvalue weighted by Crippen LogP contribution is 2.03. The van der Waals surface area contributed by atoms with E-state index in [1.807, 2.05) is 30.3 Å². The number of aryl methyl sites for hydroxylation is 1. The minimum atomic E-state index is -2.21. The van der Waals surface area contributed by atoms with Gasteiger partial charge in [0.2, 0.25) is 0 Å². The molecule has 0 radical (unpaired) electrons. The first-order valence-corrected chi connectivity index (χ1v) is 4.72. The fourth-order valence-electron chi connectivity index (χ4n) is 1.18. The summed E-state index contributed by atoms with van der Waals surface area (Å²) in [6, 6.07) is 9.69. The number of aliphatic carboxylic acids is 1. The molecular formula is C11H13FO3. The summed E-state index contributed by atoms with van der Waals surface area (Å²) in [5, 5.41) is 8.20. The van der Waals surface area contributed by atoms with Crippen molar-refractivity contribution in [2.24, 2.45) is 0 Å². The van der Waals surface area contributed by atoms with Crippen molar-refractivity contribution in [3.05, 3.63) is 35.9 Å². The lowest BCUT2D eigenvalue weighted by Gasteiger charge is -2.05. The van der Waals surface area contributed by atoms with Crippen LogP contribution in [0.25, 0.3) is 0 Å². The standard InChI is InChI=1S/C11H13FO3/c12-10(11(13)14)15-8-4-7-9-5-2-1-3-6-9/h1-3,5-6,10H,4,7-8H2,(H,13,14). The molecule has 0 aliphatic rings. The lowest BCUT2D eigenvalue weighted by Crippen LogP contribution is -2.19. The third kappa shape index (κ3) is 4.56. The Balaban J connectivity index is 2.15. The zero-order valence-electron chi connectivity index (χ0n) is 8.23. The predicted molar refractivity (Wildman–Crippen MR) is 53.2 cm³/mol. The number of hydrogen-bond acceptors (Lipinski definition) is 2. The van der Waals surface area contributed by atoms with E-state index in [1.165, 1.54) is 0 Å². The molecule has 0 fully saturated rings. The maximum Gasteiger partial charge on any atom is 0.366 e. The number of carboxylic acid groups (broad SMARTS) is 1. The minimum Gasteiger partial charge on any atom is -0.477 e. The fourth-order valence-corrected chi connectivity index (χ4v) is 1.18. The van der Waals surface area contributed by atoms with Gasteiger partial charge in [0.05, 0.1) is 6.61 Å². The third-order valence-corrected chi connectivity index (χ3v) is 1.91. The van der Waals surface area contributed by atoms with E-state index in [1.54, 1.807) is 0 Å². The van der Waals surface area contributed by atoms with Crippen LogP contribution in [0.15, 0.2) is 30.3 Å². The van der Waals surface area contributed by atoms with Crippen LogP contribution in [0.5, 0.6) is 0 Å². The van der Waals surface area contributed by atoms with E-state index >= 15 is 0 Å². The second kappa shape index (κ2) is 6.14. The lowest BCUT2D eigenvalue weighted by molar-refractivity contribution is -0.163. The zero-order chi connectivity index (χ0) is 11.1.